The van der Waals surface area contributed by atoms with Crippen molar-refractivity contribution in [2.75, 3.05) is 5.43 Å². The van der Waals surface area contributed by atoms with Crippen molar-refractivity contribution in [1.29, 1.82) is 0 Å². The maximum Gasteiger partial charge on any atom is 0.0726 e. The maximum atomic E-state index is 4.50. The summed E-state index contributed by atoms with van der Waals surface area (Å²) < 4.78 is 0. The first-order chi connectivity index (χ1) is 9.83. The topological polar surface area (TPSA) is 50.2 Å². The van der Waals surface area contributed by atoms with E-state index < -0.39 is 0 Å². The van der Waals surface area contributed by atoms with Gasteiger partial charge in [-0.25, -0.2) is 0 Å². The number of nitrogens with zero attached hydrogens (tertiary/aromatic N) is 3. The van der Waals surface area contributed by atoms with Crippen LogP contribution in [0.5, 0.6) is 0 Å². The van der Waals surface area contributed by atoms with Gasteiger partial charge in [0.2, 0.25) is 0 Å². The summed E-state index contributed by atoms with van der Waals surface area (Å²) in [6.07, 6.45) is 5.25. The fraction of sp³-hybridized carbons (Fsp3) is 0.0625. The van der Waals surface area contributed by atoms with Crippen molar-refractivity contribution in [3.05, 3.63) is 66.1 Å². The number of pyridine rings is 2. The zero-order valence-electron chi connectivity index (χ0n) is 11.1. The van der Waals surface area contributed by atoms with Gasteiger partial charge in [-0.3, -0.25) is 15.4 Å². The Morgan fingerprint density at radius 1 is 1.15 bits per heavy atom. The molecule has 0 amide bonds. The van der Waals surface area contributed by atoms with Crippen LogP contribution in [0.1, 0.15) is 11.3 Å². The summed E-state index contributed by atoms with van der Waals surface area (Å²) in [4.78, 5) is 8.55. The molecule has 4 heteroatoms. The molecule has 0 radical (unpaired) electrons. The molecule has 0 aliphatic rings. The standard InChI is InChI=1S/C16H14N4/c1-12-9-16(14-6-2-3-7-15(14)19-12)20-18-11-13-5-4-8-17-10-13/h2-11H,1H3,(H,19,20)/b18-11-. The molecule has 3 rings (SSSR count). The molecule has 3 aromatic rings. The van der Waals surface area contributed by atoms with Crippen LogP contribution in [0.4, 0.5) is 5.69 Å². The Balaban J connectivity index is 1.89. The van der Waals surface area contributed by atoms with Crippen molar-refractivity contribution in [1.82, 2.24) is 9.97 Å². The number of hydrogen-bond donors (Lipinski definition) is 1. The van der Waals surface area contributed by atoms with Gasteiger partial charge in [0.25, 0.3) is 0 Å². The molecule has 20 heavy (non-hydrogen) atoms. The first-order valence-corrected chi connectivity index (χ1v) is 6.38. The van der Waals surface area contributed by atoms with Gasteiger partial charge in [0, 0.05) is 29.0 Å². The third-order valence-corrected chi connectivity index (χ3v) is 2.93. The summed E-state index contributed by atoms with van der Waals surface area (Å²) in [5.41, 5.74) is 6.91. The Morgan fingerprint density at radius 2 is 2.05 bits per heavy atom. The minimum Gasteiger partial charge on any atom is -0.278 e. The van der Waals surface area contributed by atoms with Crippen LogP contribution in [0.25, 0.3) is 10.9 Å². The number of fused-ring (bicyclic) bond motifs is 1. The van der Waals surface area contributed by atoms with Crippen LogP contribution in [-0.4, -0.2) is 16.2 Å². The molecule has 0 saturated carbocycles. The lowest BCUT2D eigenvalue weighted by atomic mass is 10.1. The van der Waals surface area contributed by atoms with Gasteiger partial charge >= 0.3 is 0 Å². The smallest absolute Gasteiger partial charge is 0.0726 e. The monoisotopic (exact) mass is 262 g/mol. The molecule has 0 bridgehead atoms. The van der Waals surface area contributed by atoms with Crippen molar-refractivity contribution in [2.24, 2.45) is 5.10 Å². The van der Waals surface area contributed by atoms with Crippen LogP contribution in [-0.2, 0) is 0 Å². The van der Waals surface area contributed by atoms with Crippen molar-refractivity contribution >= 4 is 22.8 Å². The highest BCUT2D eigenvalue weighted by Gasteiger charge is 2.01. The van der Waals surface area contributed by atoms with Crippen LogP contribution in [0.15, 0.2) is 60.0 Å². The second-order valence-electron chi connectivity index (χ2n) is 4.48. The molecular weight excluding hydrogens is 248 g/mol. The number of benzene rings is 1. The molecular formula is C16H14N4. The maximum absolute atomic E-state index is 4.50. The number of anilines is 1. The minimum atomic E-state index is 0.952. The third-order valence-electron chi connectivity index (χ3n) is 2.93. The van der Waals surface area contributed by atoms with Gasteiger partial charge in [0.1, 0.15) is 0 Å². The summed E-state index contributed by atoms with van der Waals surface area (Å²) in [7, 11) is 0. The second-order valence-corrected chi connectivity index (χ2v) is 4.48. The highest BCUT2D eigenvalue weighted by atomic mass is 15.3. The molecule has 4 nitrogen and oxygen atoms in total. The number of hydrazone groups is 1. The third kappa shape index (κ3) is 2.64. The first-order valence-electron chi connectivity index (χ1n) is 6.38. The molecule has 0 saturated heterocycles. The average Bonchev–Trinajstić information content (AvgIpc) is 2.48. The SMILES string of the molecule is Cc1cc(N/N=C\c2cccnc2)c2ccccc2n1. The van der Waals surface area contributed by atoms with Crippen LogP contribution in [0, 0.1) is 6.92 Å². The quantitative estimate of drug-likeness (QED) is 0.581. The van der Waals surface area contributed by atoms with Gasteiger partial charge in [-0.1, -0.05) is 24.3 Å². The Labute approximate surface area is 117 Å². The summed E-state index contributed by atoms with van der Waals surface area (Å²) in [5, 5.41) is 5.32. The molecule has 2 heterocycles. The van der Waals surface area contributed by atoms with Crippen LogP contribution in [0.3, 0.4) is 0 Å². The zero-order chi connectivity index (χ0) is 13.8. The predicted octanol–water partition coefficient (Wildman–Crippen LogP) is 3.38. The summed E-state index contributed by atoms with van der Waals surface area (Å²) in [6, 6.07) is 13.8. The normalized spacial score (nSPS) is 11.1. The van der Waals surface area contributed by atoms with E-state index in [-0.39, 0.29) is 0 Å². The molecule has 0 atom stereocenters. The first kappa shape index (κ1) is 12.3. The van der Waals surface area contributed by atoms with Gasteiger partial charge < -0.3 is 0 Å². The van der Waals surface area contributed by atoms with Crippen molar-refractivity contribution < 1.29 is 0 Å². The number of aromatic nitrogens is 2. The van der Waals surface area contributed by atoms with Gasteiger partial charge in [-0.2, -0.15) is 5.10 Å². The van der Waals surface area contributed by atoms with Gasteiger partial charge in [-0.15, -0.1) is 0 Å². The van der Waals surface area contributed by atoms with E-state index in [0.717, 1.165) is 27.8 Å². The highest BCUT2D eigenvalue weighted by Crippen LogP contribution is 2.22. The Bertz CT molecular complexity index is 751. The van der Waals surface area contributed by atoms with Gasteiger partial charge in [0.15, 0.2) is 0 Å². The Hall–Kier alpha value is -2.75. The van der Waals surface area contributed by atoms with Crippen molar-refractivity contribution in [3.63, 3.8) is 0 Å². The molecule has 0 aliphatic carbocycles. The molecule has 0 spiro atoms. The number of rotatable bonds is 3. The van der Waals surface area contributed by atoms with Crippen LogP contribution in [0.2, 0.25) is 0 Å². The van der Waals surface area contributed by atoms with E-state index in [1.54, 1.807) is 18.6 Å². The van der Waals surface area contributed by atoms with E-state index >= 15 is 0 Å². The summed E-state index contributed by atoms with van der Waals surface area (Å²) in [5.74, 6) is 0. The lowest BCUT2D eigenvalue weighted by Crippen LogP contribution is -1.94. The highest BCUT2D eigenvalue weighted by molar-refractivity contribution is 5.91. The fourth-order valence-electron chi connectivity index (χ4n) is 2.03. The minimum absolute atomic E-state index is 0.952. The zero-order valence-corrected chi connectivity index (χ0v) is 11.1. The lowest BCUT2D eigenvalue weighted by molar-refractivity contribution is 1.24. The number of aryl methyl sites for hydroxylation is 1. The molecule has 0 unspecified atom stereocenters. The molecule has 0 aliphatic heterocycles. The lowest BCUT2D eigenvalue weighted by Gasteiger charge is -2.06. The molecule has 1 N–H and O–H groups in total. The molecule has 1 aromatic carbocycles. The number of para-hydroxylation sites is 1. The fourth-order valence-corrected chi connectivity index (χ4v) is 2.03. The van der Waals surface area contributed by atoms with Crippen molar-refractivity contribution in [3.8, 4) is 0 Å². The van der Waals surface area contributed by atoms with E-state index in [1.807, 2.05) is 49.4 Å². The van der Waals surface area contributed by atoms with E-state index in [4.69, 9.17) is 0 Å². The van der Waals surface area contributed by atoms with E-state index in [9.17, 15) is 0 Å². The van der Waals surface area contributed by atoms with Crippen LogP contribution < -0.4 is 5.43 Å². The van der Waals surface area contributed by atoms with E-state index in [1.165, 1.54) is 0 Å². The molecule has 0 fully saturated rings. The Kier molecular flexibility index (Phi) is 3.37. The van der Waals surface area contributed by atoms with Gasteiger partial charge in [-0.05, 0) is 25.1 Å². The molecule has 98 valence electrons. The van der Waals surface area contributed by atoms with E-state index in [2.05, 4.69) is 20.5 Å². The van der Waals surface area contributed by atoms with Crippen molar-refractivity contribution in [2.45, 2.75) is 6.92 Å². The predicted molar refractivity (Wildman–Crippen MR) is 81.9 cm³/mol. The number of hydrogen-bond acceptors (Lipinski definition) is 4. The summed E-state index contributed by atoms with van der Waals surface area (Å²) >= 11 is 0. The van der Waals surface area contributed by atoms with E-state index in [0.29, 0.717) is 0 Å². The average molecular weight is 262 g/mol. The Morgan fingerprint density at radius 3 is 2.90 bits per heavy atom. The molecule has 2 aromatic heterocycles. The van der Waals surface area contributed by atoms with Gasteiger partial charge in [0.05, 0.1) is 17.4 Å². The number of nitrogens with one attached hydrogen (secondary N) is 1. The summed E-state index contributed by atoms with van der Waals surface area (Å²) in [6.45, 7) is 1.97. The van der Waals surface area contributed by atoms with Crippen LogP contribution >= 0.6 is 0 Å². The largest absolute Gasteiger partial charge is 0.278 e. The second kappa shape index (κ2) is 5.48.